The van der Waals surface area contributed by atoms with Crippen LogP contribution >= 0.6 is 11.6 Å². The molecule has 0 spiro atoms. The molecule has 3 aromatic carbocycles. The van der Waals surface area contributed by atoms with Gasteiger partial charge in [0.15, 0.2) is 0 Å². The van der Waals surface area contributed by atoms with Crippen molar-refractivity contribution >= 4 is 40.4 Å². The fourth-order valence-electron chi connectivity index (χ4n) is 4.47. The van der Waals surface area contributed by atoms with E-state index >= 15 is 0 Å². The van der Waals surface area contributed by atoms with Crippen LogP contribution in [0.25, 0.3) is 5.57 Å². The van der Waals surface area contributed by atoms with Gasteiger partial charge in [-0.15, -0.1) is 0 Å². The molecule has 0 aromatic heterocycles. The Morgan fingerprint density at radius 3 is 2.38 bits per heavy atom. The van der Waals surface area contributed by atoms with Gasteiger partial charge in [-0.25, -0.2) is 4.90 Å². The van der Waals surface area contributed by atoms with Crippen molar-refractivity contribution in [1.29, 1.82) is 0 Å². The van der Waals surface area contributed by atoms with Crippen LogP contribution in [-0.2, 0) is 16.0 Å². The lowest BCUT2D eigenvalue weighted by atomic mass is 9.98. The first-order valence-corrected chi connectivity index (χ1v) is 11.1. The van der Waals surface area contributed by atoms with Gasteiger partial charge < -0.3 is 4.90 Å². The SMILES string of the molecule is Cc1ccc(C2=C(N3CCCc4ccccc43)C(=O)N(c3ccc(C)c(Cl)c3)C2=O)cc1. The zero-order chi connectivity index (χ0) is 22.4. The fourth-order valence-corrected chi connectivity index (χ4v) is 4.65. The molecule has 5 heteroatoms. The van der Waals surface area contributed by atoms with Crippen LogP contribution in [0, 0.1) is 13.8 Å². The smallest absolute Gasteiger partial charge is 0.282 e. The van der Waals surface area contributed by atoms with E-state index in [4.69, 9.17) is 11.6 Å². The van der Waals surface area contributed by atoms with Gasteiger partial charge in [-0.2, -0.15) is 0 Å². The molecule has 3 aromatic rings. The van der Waals surface area contributed by atoms with Crippen molar-refractivity contribution in [2.75, 3.05) is 16.3 Å². The minimum absolute atomic E-state index is 0.317. The van der Waals surface area contributed by atoms with Crippen LogP contribution in [0.15, 0.2) is 72.4 Å². The molecule has 0 fully saturated rings. The molecule has 0 N–H and O–H groups in total. The highest BCUT2D eigenvalue weighted by molar-refractivity contribution is 6.46. The first-order valence-electron chi connectivity index (χ1n) is 10.8. The summed E-state index contributed by atoms with van der Waals surface area (Å²) in [6.45, 7) is 4.58. The number of benzene rings is 3. The van der Waals surface area contributed by atoms with Crippen molar-refractivity contribution < 1.29 is 9.59 Å². The molecule has 0 aliphatic carbocycles. The summed E-state index contributed by atoms with van der Waals surface area (Å²) in [6, 6.07) is 21.2. The monoisotopic (exact) mass is 442 g/mol. The lowest BCUT2D eigenvalue weighted by Crippen LogP contribution is -2.37. The zero-order valence-corrected chi connectivity index (χ0v) is 18.8. The number of carbonyl (C=O) groups is 2. The summed E-state index contributed by atoms with van der Waals surface area (Å²) in [5.74, 6) is -0.640. The minimum atomic E-state index is -0.322. The maximum absolute atomic E-state index is 13.8. The highest BCUT2D eigenvalue weighted by atomic mass is 35.5. The first-order chi connectivity index (χ1) is 15.5. The second-order valence-electron chi connectivity index (χ2n) is 8.35. The molecule has 5 rings (SSSR count). The lowest BCUT2D eigenvalue weighted by Gasteiger charge is -2.32. The van der Waals surface area contributed by atoms with Gasteiger partial charge in [0.2, 0.25) is 0 Å². The molecule has 2 amide bonds. The van der Waals surface area contributed by atoms with E-state index in [0.717, 1.165) is 35.2 Å². The molecule has 0 saturated carbocycles. The molecule has 0 radical (unpaired) electrons. The number of anilines is 2. The number of imide groups is 1. The molecule has 2 aliphatic rings. The van der Waals surface area contributed by atoms with E-state index in [0.29, 0.717) is 28.5 Å². The number of nitrogens with zero attached hydrogens (tertiary/aromatic N) is 2. The Bertz CT molecular complexity index is 1280. The average molecular weight is 443 g/mol. The molecule has 2 aliphatic heterocycles. The predicted molar refractivity (Wildman–Crippen MR) is 129 cm³/mol. The van der Waals surface area contributed by atoms with E-state index < -0.39 is 0 Å². The first kappa shape index (κ1) is 20.5. The Labute approximate surface area is 192 Å². The van der Waals surface area contributed by atoms with Crippen molar-refractivity contribution in [3.63, 3.8) is 0 Å². The third kappa shape index (κ3) is 3.32. The number of halogens is 1. The zero-order valence-electron chi connectivity index (χ0n) is 18.1. The van der Waals surface area contributed by atoms with Crippen molar-refractivity contribution in [1.82, 2.24) is 0 Å². The number of hydrogen-bond acceptors (Lipinski definition) is 3. The number of para-hydroxylation sites is 1. The molecule has 0 atom stereocenters. The number of hydrogen-bond donors (Lipinski definition) is 0. The van der Waals surface area contributed by atoms with E-state index in [1.165, 1.54) is 10.5 Å². The van der Waals surface area contributed by atoms with Crippen LogP contribution < -0.4 is 9.80 Å². The quantitative estimate of drug-likeness (QED) is 0.489. The van der Waals surface area contributed by atoms with Gasteiger partial charge >= 0.3 is 0 Å². The topological polar surface area (TPSA) is 40.6 Å². The Hall–Kier alpha value is -3.37. The highest BCUT2D eigenvalue weighted by Crippen LogP contribution is 2.40. The van der Waals surface area contributed by atoms with Crippen LogP contribution in [-0.4, -0.2) is 18.4 Å². The van der Waals surface area contributed by atoms with Crippen LogP contribution in [0.3, 0.4) is 0 Å². The van der Waals surface area contributed by atoms with Gasteiger partial charge in [0.25, 0.3) is 11.8 Å². The Balaban J connectivity index is 1.70. The van der Waals surface area contributed by atoms with Gasteiger partial charge in [0.05, 0.1) is 11.3 Å². The maximum atomic E-state index is 13.8. The maximum Gasteiger partial charge on any atom is 0.282 e. The van der Waals surface area contributed by atoms with Crippen LogP contribution in [0.4, 0.5) is 11.4 Å². The van der Waals surface area contributed by atoms with Crippen molar-refractivity contribution in [2.24, 2.45) is 0 Å². The number of carbonyl (C=O) groups excluding carboxylic acids is 2. The van der Waals surface area contributed by atoms with E-state index in [9.17, 15) is 9.59 Å². The van der Waals surface area contributed by atoms with Crippen LogP contribution in [0.1, 0.15) is 28.7 Å². The summed E-state index contributed by atoms with van der Waals surface area (Å²) >= 11 is 6.34. The molecule has 2 heterocycles. The van der Waals surface area contributed by atoms with Gasteiger partial charge in [-0.05, 0) is 61.6 Å². The van der Waals surface area contributed by atoms with E-state index in [1.807, 2.05) is 67.3 Å². The molecule has 4 nitrogen and oxygen atoms in total. The number of rotatable bonds is 3. The van der Waals surface area contributed by atoms with Crippen LogP contribution in [0.2, 0.25) is 5.02 Å². The molecule has 32 heavy (non-hydrogen) atoms. The third-order valence-corrected chi connectivity index (χ3v) is 6.60. The molecule has 0 saturated heterocycles. The lowest BCUT2D eigenvalue weighted by molar-refractivity contribution is -0.120. The minimum Gasteiger partial charge on any atom is -0.336 e. The highest BCUT2D eigenvalue weighted by Gasteiger charge is 2.43. The second-order valence-corrected chi connectivity index (χ2v) is 8.76. The Morgan fingerprint density at radius 2 is 1.62 bits per heavy atom. The van der Waals surface area contributed by atoms with E-state index in [2.05, 4.69) is 6.07 Å². The van der Waals surface area contributed by atoms with E-state index in [1.54, 1.807) is 12.1 Å². The second kappa shape index (κ2) is 7.95. The van der Waals surface area contributed by atoms with Gasteiger partial charge in [-0.3, -0.25) is 9.59 Å². The van der Waals surface area contributed by atoms with E-state index in [-0.39, 0.29) is 11.8 Å². The normalized spacial score (nSPS) is 16.1. The molecule has 0 bridgehead atoms. The largest absolute Gasteiger partial charge is 0.336 e. The summed E-state index contributed by atoms with van der Waals surface area (Å²) in [4.78, 5) is 30.9. The molecular formula is C27H23ClN2O2. The summed E-state index contributed by atoms with van der Waals surface area (Å²) in [5.41, 5.74) is 6.26. The van der Waals surface area contributed by atoms with Gasteiger partial charge in [0.1, 0.15) is 5.70 Å². The van der Waals surface area contributed by atoms with Gasteiger partial charge in [-0.1, -0.05) is 65.7 Å². The summed E-state index contributed by atoms with van der Waals surface area (Å²) in [5, 5.41) is 0.525. The summed E-state index contributed by atoms with van der Waals surface area (Å²) < 4.78 is 0. The number of fused-ring (bicyclic) bond motifs is 1. The van der Waals surface area contributed by atoms with Gasteiger partial charge in [0, 0.05) is 17.3 Å². The molecule has 160 valence electrons. The fraction of sp³-hybridized carbons (Fsp3) is 0.185. The van der Waals surface area contributed by atoms with Crippen LogP contribution in [0.5, 0.6) is 0 Å². The Morgan fingerprint density at radius 1 is 0.875 bits per heavy atom. The number of amides is 2. The predicted octanol–water partition coefficient (Wildman–Crippen LogP) is 5.69. The van der Waals surface area contributed by atoms with Crippen molar-refractivity contribution in [3.8, 4) is 0 Å². The van der Waals surface area contributed by atoms with Crippen molar-refractivity contribution in [3.05, 3.63) is 99.7 Å². The average Bonchev–Trinajstić information content (AvgIpc) is 3.06. The molecular weight excluding hydrogens is 420 g/mol. The Kier molecular flexibility index (Phi) is 5.10. The third-order valence-electron chi connectivity index (χ3n) is 6.19. The van der Waals surface area contributed by atoms with Crippen molar-refractivity contribution in [2.45, 2.75) is 26.7 Å². The summed E-state index contributed by atoms with van der Waals surface area (Å²) in [7, 11) is 0. The molecule has 0 unspecified atom stereocenters. The number of aryl methyl sites for hydroxylation is 3. The standard InChI is InChI=1S/C27H23ClN2O2/c1-17-9-12-20(13-10-17)24-25(29-15-5-7-19-6-3-4-8-23(19)29)27(32)30(26(24)31)21-14-11-18(2)22(28)16-21/h3-4,6,8-14,16H,5,7,15H2,1-2H3. The summed E-state index contributed by atoms with van der Waals surface area (Å²) in [6.07, 6.45) is 1.87.